The van der Waals surface area contributed by atoms with Crippen LogP contribution in [0.2, 0.25) is 0 Å². The van der Waals surface area contributed by atoms with Crippen molar-refractivity contribution >= 4 is 17.3 Å². The molecule has 1 saturated carbocycles. The minimum Gasteiger partial charge on any atom is -0.481 e. The standard InChI is InChI=1S/C11H12N2O4/c14-10(15)11(4-5-11)7-12-8-2-1-3-9(6-8)13(16)17/h1-3,6,12H,4-5,7H2,(H,14,15). The summed E-state index contributed by atoms with van der Waals surface area (Å²) in [6.45, 7) is 0.309. The molecule has 0 spiro atoms. The van der Waals surface area contributed by atoms with E-state index in [9.17, 15) is 14.9 Å². The molecular formula is C11H12N2O4. The van der Waals surface area contributed by atoms with Crippen molar-refractivity contribution in [2.45, 2.75) is 12.8 Å². The summed E-state index contributed by atoms with van der Waals surface area (Å²) in [6, 6.07) is 6.05. The predicted octanol–water partition coefficient (Wildman–Crippen LogP) is 1.87. The Morgan fingerprint density at radius 1 is 1.53 bits per heavy atom. The van der Waals surface area contributed by atoms with Gasteiger partial charge in [0.25, 0.3) is 5.69 Å². The van der Waals surface area contributed by atoms with Crippen LogP contribution in [0.5, 0.6) is 0 Å². The minimum atomic E-state index is -0.810. The molecule has 90 valence electrons. The molecule has 0 amide bonds. The minimum absolute atomic E-state index is 0.00447. The van der Waals surface area contributed by atoms with Crippen molar-refractivity contribution in [1.29, 1.82) is 0 Å². The summed E-state index contributed by atoms with van der Waals surface area (Å²) in [5.74, 6) is -0.810. The molecule has 0 aliphatic heterocycles. The molecule has 2 N–H and O–H groups in total. The number of carbonyl (C=O) groups is 1. The lowest BCUT2D eigenvalue weighted by molar-refractivity contribution is -0.384. The van der Waals surface area contributed by atoms with Crippen LogP contribution < -0.4 is 5.32 Å². The van der Waals surface area contributed by atoms with Gasteiger partial charge in [0, 0.05) is 24.4 Å². The Labute approximate surface area is 97.4 Å². The average Bonchev–Trinajstić information content (AvgIpc) is 3.08. The second kappa shape index (κ2) is 4.04. The summed E-state index contributed by atoms with van der Waals surface area (Å²) in [4.78, 5) is 21.0. The van der Waals surface area contributed by atoms with Crippen LogP contribution in [0.1, 0.15) is 12.8 Å². The van der Waals surface area contributed by atoms with Crippen LogP contribution in [0.4, 0.5) is 11.4 Å². The van der Waals surface area contributed by atoms with Crippen molar-refractivity contribution in [3.8, 4) is 0 Å². The number of hydrogen-bond acceptors (Lipinski definition) is 4. The molecule has 2 rings (SSSR count). The Hall–Kier alpha value is -2.11. The largest absolute Gasteiger partial charge is 0.481 e. The number of nitro benzene ring substituents is 1. The van der Waals surface area contributed by atoms with E-state index in [1.54, 1.807) is 12.1 Å². The maximum atomic E-state index is 10.9. The molecule has 0 atom stereocenters. The van der Waals surface area contributed by atoms with Crippen LogP contribution in [0.15, 0.2) is 24.3 Å². The number of carboxylic acids is 1. The van der Waals surface area contributed by atoms with Crippen LogP contribution in [0.25, 0.3) is 0 Å². The molecule has 6 heteroatoms. The maximum Gasteiger partial charge on any atom is 0.311 e. The Kier molecular flexibility index (Phi) is 2.71. The van der Waals surface area contributed by atoms with Crippen LogP contribution in [-0.4, -0.2) is 22.5 Å². The number of aliphatic carboxylic acids is 1. The summed E-state index contributed by atoms with van der Waals surface area (Å²) < 4.78 is 0. The fourth-order valence-corrected chi connectivity index (χ4v) is 1.62. The zero-order valence-electron chi connectivity index (χ0n) is 9.05. The lowest BCUT2D eigenvalue weighted by Crippen LogP contribution is -2.24. The quantitative estimate of drug-likeness (QED) is 0.601. The van der Waals surface area contributed by atoms with Crippen molar-refractivity contribution in [3.63, 3.8) is 0 Å². The zero-order chi connectivity index (χ0) is 12.5. The molecule has 1 aliphatic carbocycles. The molecule has 17 heavy (non-hydrogen) atoms. The van der Waals surface area contributed by atoms with Crippen LogP contribution in [0, 0.1) is 15.5 Å². The van der Waals surface area contributed by atoms with Gasteiger partial charge in [-0.15, -0.1) is 0 Å². The van der Waals surface area contributed by atoms with E-state index in [4.69, 9.17) is 5.11 Å². The highest BCUT2D eigenvalue weighted by Crippen LogP contribution is 2.45. The lowest BCUT2D eigenvalue weighted by atomic mass is 10.1. The second-order valence-corrected chi connectivity index (χ2v) is 4.25. The first kappa shape index (κ1) is 11.4. The van der Waals surface area contributed by atoms with Crippen molar-refractivity contribution in [2.24, 2.45) is 5.41 Å². The van der Waals surface area contributed by atoms with Gasteiger partial charge in [0.05, 0.1) is 10.3 Å². The zero-order valence-corrected chi connectivity index (χ0v) is 9.05. The number of nitrogens with one attached hydrogen (secondary N) is 1. The van der Waals surface area contributed by atoms with Gasteiger partial charge in [-0.3, -0.25) is 14.9 Å². The van der Waals surface area contributed by atoms with Gasteiger partial charge < -0.3 is 10.4 Å². The monoisotopic (exact) mass is 236 g/mol. The van der Waals surface area contributed by atoms with Gasteiger partial charge in [-0.1, -0.05) is 6.07 Å². The Morgan fingerprint density at radius 3 is 2.76 bits per heavy atom. The molecule has 1 fully saturated rings. The first-order chi connectivity index (χ1) is 8.03. The number of nitro groups is 1. The molecule has 1 aromatic carbocycles. The highest BCUT2D eigenvalue weighted by Gasteiger charge is 2.49. The summed E-state index contributed by atoms with van der Waals surface area (Å²) in [7, 11) is 0. The molecule has 1 aromatic rings. The van der Waals surface area contributed by atoms with Crippen LogP contribution in [-0.2, 0) is 4.79 Å². The van der Waals surface area contributed by atoms with E-state index < -0.39 is 16.3 Å². The highest BCUT2D eigenvalue weighted by molar-refractivity contribution is 5.78. The van der Waals surface area contributed by atoms with E-state index in [1.807, 2.05) is 0 Å². The molecule has 0 aromatic heterocycles. The fraction of sp³-hybridized carbons (Fsp3) is 0.364. The molecule has 0 radical (unpaired) electrons. The number of benzene rings is 1. The highest BCUT2D eigenvalue weighted by atomic mass is 16.6. The van der Waals surface area contributed by atoms with Gasteiger partial charge in [-0.2, -0.15) is 0 Å². The van der Waals surface area contributed by atoms with Crippen molar-refractivity contribution in [2.75, 3.05) is 11.9 Å². The number of nitrogens with zero attached hydrogens (tertiary/aromatic N) is 1. The first-order valence-electron chi connectivity index (χ1n) is 5.25. The molecule has 1 aliphatic rings. The topological polar surface area (TPSA) is 92.5 Å². The number of rotatable bonds is 5. The second-order valence-electron chi connectivity index (χ2n) is 4.25. The number of anilines is 1. The molecule has 0 bridgehead atoms. The molecular weight excluding hydrogens is 224 g/mol. The van der Waals surface area contributed by atoms with E-state index in [1.165, 1.54) is 12.1 Å². The van der Waals surface area contributed by atoms with Gasteiger partial charge in [0.2, 0.25) is 0 Å². The summed E-state index contributed by atoms with van der Waals surface area (Å²) >= 11 is 0. The molecule has 0 unspecified atom stereocenters. The van der Waals surface area contributed by atoms with Crippen molar-refractivity contribution in [1.82, 2.24) is 0 Å². The van der Waals surface area contributed by atoms with Crippen molar-refractivity contribution < 1.29 is 14.8 Å². The average molecular weight is 236 g/mol. The van der Waals surface area contributed by atoms with Gasteiger partial charge in [-0.25, -0.2) is 0 Å². The van der Waals surface area contributed by atoms with E-state index in [-0.39, 0.29) is 5.69 Å². The van der Waals surface area contributed by atoms with Crippen LogP contribution >= 0.6 is 0 Å². The van der Waals surface area contributed by atoms with Gasteiger partial charge in [0.1, 0.15) is 0 Å². The Balaban J connectivity index is 2.02. The summed E-state index contributed by atoms with van der Waals surface area (Å²) in [5, 5.41) is 22.5. The van der Waals surface area contributed by atoms with E-state index in [0.29, 0.717) is 25.1 Å². The lowest BCUT2D eigenvalue weighted by Gasteiger charge is -2.11. The van der Waals surface area contributed by atoms with Crippen LogP contribution in [0.3, 0.4) is 0 Å². The van der Waals surface area contributed by atoms with Gasteiger partial charge in [-0.05, 0) is 18.9 Å². The smallest absolute Gasteiger partial charge is 0.311 e. The van der Waals surface area contributed by atoms with E-state index in [0.717, 1.165) is 0 Å². The Morgan fingerprint density at radius 2 is 2.24 bits per heavy atom. The summed E-state index contributed by atoms with van der Waals surface area (Å²) in [6.07, 6.45) is 1.31. The number of non-ortho nitro benzene ring substituents is 1. The first-order valence-corrected chi connectivity index (χ1v) is 5.25. The summed E-state index contributed by atoms with van der Waals surface area (Å²) in [5.41, 5.74) is -0.105. The maximum absolute atomic E-state index is 10.9. The Bertz CT molecular complexity index is 468. The normalized spacial score (nSPS) is 16.2. The third kappa shape index (κ3) is 2.35. The molecule has 6 nitrogen and oxygen atoms in total. The van der Waals surface area contributed by atoms with Gasteiger partial charge in [0.15, 0.2) is 0 Å². The van der Waals surface area contributed by atoms with E-state index >= 15 is 0 Å². The molecule has 0 heterocycles. The SMILES string of the molecule is O=C(O)C1(CNc2cccc([N+](=O)[O-])c2)CC1. The molecule has 0 saturated heterocycles. The van der Waals surface area contributed by atoms with E-state index in [2.05, 4.69) is 5.32 Å². The predicted molar refractivity (Wildman–Crippen MR) is 60.9 cm³/mol. The van der Waals surface area contributed by atoms with Crippen molar-refractivity contribution in [3.05, 3.63) is 34.4 Å². The van der Waals surface area contributed by atoms with Gasteiger partial charge >= 0.3 is 5.97 Å². The fourth-order valence-electron chi connectivity index (χ4n) is 1.62. The third-order valence-corrected chi connectivity index (χ3v) is 3.00. The third-order valence-electron chi connectivity index (χ3n) is 3.00. The number of hydrogen-bond donors (Lipinski definition) is 2. The number of carboxylic acid groups (broad SMARTS) is 1.